The van der Waals surface area contributed by atoms with Crippen molar-refractivity contribution in [1.82, 2.24) is 20.2 Å². The molecule has 222 valence electrons. The first-order valence-corrected chi connectivity index (χ1v) is 14.1. The summed E-state index contributed by atoms with van der Waals surface area (Å²) in [6.45, 7) is 10.9. The highest BCUT2D eigenvalue weighted by Gasteiger charge is 2.41. The van der Waals surface area contributed by atoms with Crippen molar-refractivity contribution in [2.75, 3.05) is 25.5 Å². The number of aromatic amines is 1. The molecule has 2 aromatic heterocycles. The van der Waals surface area contributed by atoms with Gasteiger partial charge >= 0.3 is 6.09 Å². The van der Waals surface area contributed by atoms with Crippen LogP contribution in [0, 0.1) is 23.1 Å². The first-order chi connectivity index (χ1) is 19.9. The molecule has 0 bridgehead atoms. The number of carbonyl (C=O) groups is 1. The average Bonchev–Trinajstić information content (AvgIpc) is 3.44. The molecule has 9 nitrogen and oxygen atoms in total. The Morgan fingerprint density at radius 2 is 2.07 bits per heavy atom. The van der Waals surface area contributed by atoms with Gasteiger partial charge in [0, 0.05) is 48.7 Å². The van der Waals surface area contributed by atoms with Crippen LogP contribution in [-0.4, -0.2) is 57.9 Å². The molecule has 1 fully saturated rings. The molecule has 0 spiro atoms. The second kappa shape index (κ2) is 11.3. The highest BCUT2D eigenvalue weighted by Crippen LogP contribution is 2.42. The van der Waals surface area contributed by atoms with Crippen molar-refractivity contribution in [3.63, 3.8) is 0 Å². The third-order valence-corrected chi connectivity index (χ3v) is 7.35. The van der Waals surface area contributed by atoms with Crippen LogP contribution in [0.2, 0.25) is 0 Å². The van der Waals surface area contributed by atoms with Gasteiger partial charge in [0.15, 0.2) is 11.6 Å². The lowest BCUT2D eigenvalue weighted by Gasteiger charge is -2.27. The van der Waals surface area contributed by atoms with E-state index in [1.165, 1.54) is 13.2 Å². The number of methoxy groups -OCH3 is 1. The molecule has 1 amide bonds. The Labute approximate surface area is 245 Å². The number of nitrogens with zero attached hydrogens (tertiary/aromatic N) is 2. The van der Waals surface area contributed by atoms with Crippen molar-refractivity contribution in [3.8, 4) is 28.8 Å². The molecule has 1 unspecified atom stereocenters. The molecule has 1 saturated heterocycles. The molecular formula is C32H38FN5O4. The summed E-state index contributed by atoms with van der Waals surface area (Å²) in [6, 6.07) is 6.15. The van der Waals surface area contributed by atoms with Gasteiger partial charge in [-0.15, -0.1) is 0 Å². The molecule has 42 heavy (non-hydrogen) atoms. The van der Waals surface area contributed by atoms with Crippen molar-refractivity contribution in [3.05, 3.63) is 59.3 Å². The number of aromatic nitrogens is 2. The minimum Gasteiger partial charge on any atom is -0.492 e. The van der Waals surface area contributed by atoms with Gasteiger partial charge in [-0.1, -0.05) is 31.8 Å². The van der Waals surface area contributed by atoms with E-state index >= 15 is 0 Å². The number of likely N-dealkylation sites (tertiary alicyclic amines) is 1. The molecule has 2 aliphatic rings. The van der Waals surface area contributed by atoms with Crippen LogP contribution in [-0.2, 0) is 11.2 Å². The van der Waals surface area contributed by atoms with E-state index in [1.807, 2.05) is 26.8 Å². The van der Waals surface area contributed by atoms with Crippen LogP contribution in [0.25, 0.3) is 11.3 Å². The lowest BCUT2D eigenvalue weighted by molar-refractivity contribution is 0.0246. The third-order valence-electron chi connectivity index (χ3n) is 7.35. The number of carbonyl (C=O) groups excluding carboxylic acids is 1. The summed E-state index contributed by atoms with van der Waals surface area (Å²) < 4.78 is 25.6. The van der Waals surface area contributed by atoms with Crippen LogP contribution >= 0.6 is 0 Å². The fraction of sp³-hybridized carbons (Fsp3) is 0.438. The molecule has 3 aromatic rings. The van der Waals surface area contributed by atoms with E-state index in [1.54, 1.807) is 29.4 Å². The van der Waals surface area contributed by atoms with Gasteiger partial charge < -0.3 is 24.9 Å². The zero-order valence-corrected chi connectivity index (χ0v) is 24.9. The van der Waals surface area contributed by atoms with Crippen LogP contribution in [0.1, 0.15) is 64.1 Å². The number of amides is 1. The Kier molecular flexibility index (Phi) is 7.92. The second-order valence-corrected chi connectivity index (χ2v) is 12.5. The highest BCUT2D eigenvalue weighted by atomic mass is 19.1. The second-order valence-electron chi connectivity index (χ2n) is 12.5. The van der Waals surface area contributed by atoms with Gasteiger partial charge in [-0.25, -0.2) is 9.18 Å². The zero-order chi connectivity index (χ0) is 30.2. The number of pyridine rings is 1. The molecule has 0 aliphatic carbocycles. The van der Waals surface area contributed by atoms with Crippen LogP contribution < -0.4 is 15.4 Å². The van der Waals surface area contributed by atoms with Crippen LogP contribution in [0.15, 0.2) is 36.7 Å². The minimum absolute atomic E-state index is 0.0671. The molecule has 0 radical (unpaired) electrons. The number of hydrogen-bond acceptors (Lipinski definition) is 7. The van der Waals surface area contributed by atoms with E-state index in [0.717, 1.165) is 11.3 Å². The summed E-state index contributed by atoms with van der Waals surface area (Å²) in [4.78, 5) is 22.5. The maximum atomic E-state index is 14.6. The molecule has 1 aromatic carbocycles. The number of anilines is 2. The van der Waals surface area contributed by atoms with Gasteiger partial charge in [-0.3, -0.25) is 15.2 Å². The number of fused-ring (bicyclic) bond motifs is 1. The largest absolute Gasteiger partial charge is 0.492 e. The Hall–Kier alpha value is -4.07. The van der Waals surface area contributed by atoms with E-state index in [2.05, 4.69) is 46.3 Å². The van der Waals surface area contributed by atoms with Gasteiger partial charge in [0.25, 0.3) is 0 Å². The molecule has 4 N–H and O–H groups in total. The molecule has 5 rings (SSSR count). The van der Waals surface area contributed by atoms with E-state index in [0.29, 0.717) is 54.1 Å². The number of hydrogen-bond donors (Lipinski definition) is 4. The third kappa shape index (κ3) is 6.08. The van der Waals surface area contributed by atoms with Crippen LogP contribution in [0.4, 0.5) is 20.6 Å². The Balaban J connectivity index is 1.57. The number of benzene rings is 1. The number of nitrogens with one attached hydrogen (secondary N) is 3. The standard InChI is InChI=1S/C32H38FN5O4/c1-31(2,3)42-30(40)38-18-32(4,5)16-20(38)11-10-19-17-34-14-12-21(19)26-27(25-23(36-26)13-15-35-29(25)39)37-24-9-7-8-22(33)28(24)41-6/h7-9,12,14,17,20,29,35-37,39H,13,15-16,18H2,1-6H3/t20-,29?/m0/s1. The van der Waals surface area contributed by atoms with Crippen LogP contribution in [0.5, 0.6) is 5.75 Å². The van der Waals surface area contributed by atoms with Gasteiger partial charge in [0.1, 0.15) is 11.8 Å². The molecule has 2 aliphatic heterocycles. The first-order valence-electron chi connectivity index (χ1n) is 14.1. The maximum absolute atomic E-state index is 14.6. The van der Waals surface area contributed by atoms with Gasteiger partial charge in [0.05, 0.1) is 35.8 Å². The fourth-order valence-corrected chi connectivity index (χ4v) is 5.57. The smallest absolute Gasteiger partial charge is 0.411 e. The number of aliphatic hydroxyl groups excluding tert-OH is 1. The predicted molar refractivity (Wildman–Crippen MR) is 159 cm³/mol. The summed E-state index contributed by atoms with van der Waals surface area (Å²) in [5.41, 5.74) is 3.85. The Morgan fingerprint density at radius 3 is 2.81 bits per heavy atom. The summed E-state index contributed by atoms with van der Waals surface area (Å²) in [7, 11) is 1.41. The van der Waals surface area contributed by atoms with Crippen molar-refractivity contribution in [1.29, 1.82) is 0 Å². The molecular weight excluding hydrogens is 537 g/mol. The van der Waals surface area contributed by atoms with E-state index < -0.39 is 17.6 Å². The van der Waals surface area contributed by atoms with Crippen molar-refractivity contribution >= 4 is 17.5 Å². The highest BCUT2D eigenvalue weighted by molar-refractivity contribution is 5.86. The Bertz CT molecular complexity index is 1550. The molecule has 0 saturated carbocycles. The lowest BCUT2D eigenvalue weighted by atomic mass is 9.91. The average molecular weight is 576 g/mol. The van der Waals surface area contributed by atoms with Gasteiger partial charge in [0.2, 0.25) is 0 Å². The van der Waals surface area contributed by atoms with Gasteiger partial charge in [-0.05, 0) is 50.8 Å². The summed E-state index contributed by atoms with van der Waals surface area (Å²) in [5, 5.41) is 17.3. The van der Waals surface area contributed by atoms with E-state index in [4.69, 9.17) is 9.47 Å². The lowest BCUT2D eigenvalue weighted by Crippen LogP contribution is -2.39. The normalized spacial score (nSPS) is 19.5. The number of H-pyrrole nitrogens is 1. The molecule has 10 heteroatoms. The predicted octanol–water partition coefficient (Wildman–Crippen LogP) is 5.49. The minimum atomic E-state index is -0.930. The first kappa shape index (κ1) is 29.4. The van der Waals surface area contributed by atoms with Crippen molar-refractivity contribution in [2.24, 2.45) is 5.41 Å². The molecule has 4 heterocycles. The SMILES string of the molecule is COc1c(F)cccc1Nc1c(-c2ccncc2C#C[C@H]2CC(C)(C)CN2C(=O)OC(C)(C)C)[nH]c2c1C(O)NCC2. The number of para-hydroxylation sites is 1. The number of ether oxygens (including phenoxy) is 2. The number of aliphatic hydroxyl groups is 1. The quantitative estimate of drug-likeness (QED) is 0.304. The monoisotopic (exact) mass is 575 g/mol. The van der Waals surface area contributed by atoms with Crippen molar-refractivity contribution < 1.29 is 23.8 Å². The summed E-state index contributed by atoms with van der Waals surface area (Å²) >= 11 is 0. The topological polar surface area (TPSA) is 112 Å². The number of rotatable bonds is 4. The Morgan fingerprint density at radius 1 is 1.29 bits per heavy atom. The van der Waals surface area contributed by atoms with E-state index in [-0.39, 0.29) is 23.3 Å². The van der Waals surface area contributed by atoms with Gasteiger partial charge in [-0.2, -0.15) is 0 Å². The maximum Gasteiger partial charge on any atom is 0.411 e. The van der Waals surface area contributed by atoms with Crippen molar-refractivity contribution in [2.45, 2.75) is 65.3 Å². The summed E-state index contributed by atoms with van der Waals surface area (Å²) in [5.74, 6) is 6.16. The molecule has 2 atom stereocenters. The zero-order valence-electron chi connectivity index (χ0n) is 24.9. The van der Waals surface area contributed by atoms with E-state index in [9.17, 15) is 14.3 Å². The number of halogens is 1. The summed E-state index contributed by atoms with van der Waals surface area (Å²) in [6.07, 6.45) is 3.41. The van der Waals surface area contributed by atoms with Crippen LogP contribution in [0.3, 0.4) is 0 Å². The fourth-order valence-electron chi connectivity index (χ4n) is 5.57.